The van der Waals surface area contributed by atoms with Crippen LogP contribution in [0.2, 0.25) is 0 Å². The number of pyridine rings is 1. The van der Waals surface area contributed by atoms with Gasteiger partial charge in [-0.1, -0.05) is 37.6 Å². The Labute approximate surface area is 242 Å². The molecule has 0 aromatic carbocycles. The number of hydrogen-bond donors (Lipinski definition) is 3. The molecule has 0 radical (unpaired) electrons. The molecule has 222 valence electrons. The van der Waals surface area contributed by atoms with Crippen molar-refractivity contribution in [1.29, 1.82) is 0 Å². The van der Waals surface area contributed by atoms with Gasteiger partial charge in [-0.3, -0.25) is 9.78 Å². The summed E-state index contributed by atoms with van der Waals surface area (Å²) in [7, 11) is 2.22. The average Bonchev–Trinajstić information content (AvgIpc) is 3.31. The van der Waals surface area contributed by atoms with E-state index in [0.29, 0.717) is 17.4 Å². The maximum Gasteiger partial charge on any atom is 0.414 e. The summed E-state index contributed by atoms with van der Waals surface area (Å²) >= 11 is 0. The van der Waals surface area contributed by atoms with Crippen LogP contribution in [0.4, 0.5) is 0 Å². The highest BCUT2D eigenvalue weighted by atomic mass is 16.4. The molecule has 5 aliphatic rings. The number of carboxylic acid groups (broad SMARTS) is 3. The molecule has 41 heavy (non-hydrogen) atoms. The molecule has 2 saturated carbocycles. The van der Waals surface area contributed by atoms with Crippen LogP contribution in [0, 0.1) is 40.4 Å². The number of fused-ring (bicyclic) bond motifs is 5. The third-order valence-electron chi connectivity index (χ3n) is 11.7. The van der Waals surface area contributed by atoms with E-state index in [0.717, 1.165) is 37.1 Å². The smallest absolute Gasteiger partial charge is 0.414 e. The zero-order valence-corrected chi connectivity index (χ0v) is 24.5. The van der Waals surface area contributed by atoms with Gasteiger partial charge in [0.25, 0.3) is 0 Å². The first kappa shape index (κ1) is 29.5. The molecule has 6 rings (SSSR count). The molecule has 2 heterocycles. The van der Waals surface area contributed by atoms with Gasteiger partial charge in [0.2, 0.25) is 0 Å². The number of likely N-dealkylation sites (tertiary alicyclic amines) is 1. The van der Waals surface area contributed by atoms with Crippen molar-refractivity contribution in [3.05, 3.63) is 47.8 Å². The topological polar surface area (TPSA) is 128 Å². The van der Waals surface area contributed by atoms with E-state index < -0.39 is 17.9 Å². The minimum Gasteiger partial charge on any atom is -0.481 e. The maximum atomic E-state index is 11.7. The minimum absolute atomic E-state index is 0.158. The Kier molecular flexibility index (Phi) is 8.16. The number of carboxylic acids is 3. The number of carbonyl (C=O) groups is 3. The summed E-state index contributed by atoms with van der Waals surface area (Å²) in [6.07, 6.45) is 19.5. The molecular weight excluding hydrogens is 520 g/mol. The van der Waals surface area contributed by atoms with E-state index in [2.05, 4.69) is 61.3 Å². The predicted octanol–water partition coefficient (Wildman–Crippen LogP) is 5.60. The second kappa shape index (κ2) is 11.3. The largest absolute Gasteiger partial charge is 0.481 e. The van der Waals surface area contributed by atoms with Crippen LogP contribution in [0.5, 0.6) is 0 Å². The molecule has 4 aliphatic carbocycles. The van der Waals surface area contributed by atoms with Crippen molar-refractivity contribution in [3.8, 4) is 0 Å². The molecule has 3 fully saturated rings. The third-order valence-corrected chi connectivity index (χ3v) is 11.7. The summed E-state index contributed by atoms with van der Waals surface area (Å²) in [6, 6.07) is 4.75. The van der Waals surface area contributed by atoms with Crippen LogP contribution in [-0.2, 0) is 14.4 Å². The fourth-order valence-electron chi connectivity index (χ4n) is 9.45. The first-order chi connectivity index (χ1) is 19.5. The first-order valence-electron chi connectivity index (χ1n) is 15.2. The van der Waals surface area contributed by atoms with E-state index in [-0.39, 0.29) is 11.3 Å². The standard InChI is InChI=1S/C31H42N2O2.C2H2O4/c1-30-13-10-20(28-18-21(29(34)35)12-16-33(28)3)17-23(30)6-7-24-26-9-8-25(22-5-4-15-32-19-22)31(26,2)14-11-27(24)30;3-1(4)2(5)6/h4-6,8,15,19-21,24,26-28H,7,9-14,16-18H2,1-3H3,(H,34,35);(H,3,4)(H,5,6)/t20-,21?,24-,26-,27-,28?,30-,31+;/m0./s1. The Morgan fingerprint density at radius 1 is 0.951 bits per heavy atom. The molecular formula is C33H44N2O6. The minimum atomic E-state index is -1.82. The number of piperidine rings is 1. The molecule has 0 spiro atoms. The van der Waals surface area contributed by atoms with Crippen molar-refractivity contribution in [2.75, 3.05) is 13.6 Å². The summed E-state index contributed by atoms with van der Waals surface area (Å²) in [5, 5.41) is 24.4. The monoisotopic (exact) mass is 564 g/mol. The molecule has 0 bridgehead atoms. The second-order valence-electron chi connectivity index (χ2n) is 13.5. The van der Waals surface area contributed by atoms with Gasteiger partial charge >= 0.3 is 17.9 Å². The highest BCUT2D eigenvalue weighted by Gasteiger charge is 2.57. The lowest BCUT2D eigenvalue weighted by atomic mass is 9.46. The van der Waals surface area contributed by atoms with Crippen LogP contribution in [-0.4, -0.2) is 62.7 Å². The van der Waals surface area contributed by atoms with E-state index >= 15 is 0 Å². The van der Waals surface area contributed by atoms with Crippen LogP contribution in [0.1, 0.15) is 77.2 Å². The third kappa shape index (κ3) is 5.36. The predicted molar refractivity (Wildman–Crippen MR) is 155 cm³/mol. The molecule has 8 heteroatoms. The van der Waals surface area contributed by atoms with Gasteiger partial charge < -0.3 is 20.2 Å². The molecule has 3 N–H and O–H groups in total. The molecule has 1 aliphatic heterocycles. The van der Waals surface area contributed by atoms with Crippen LogP contribution in [0.25, 0.3) is 5.57 Å². The lowest BCUT2D eigenvalue weighted by molar-refractivity contribution is -0.159. The number of aliphatic carboxylic acids is 3. The lowest BCUT2D eigenvalue weighted by Crippen LogP contribution is -2.52. The van der Waals surface area contributed by atoms with E-state index in [1.54, 1.807) is 11.1 Å². The quantitative estimate of drug-likeness (QED) is 0.320. The van der Waals surface area contributed by atoms with Crippen molar-refractivity contribution in [2.24, 2.45) is 40.4 Å². The molecule has 8 atom stereocenters. The van der Waals surface area contributed by atoms with Gasteiger partial charge in [-0.05, 0) is 123 Å². The first-order valence-corrected chi connectivity index (χ1v) is 15.2. The highest BCUT2D eigenvalue weighted by Crippen LogP contribution is 2.66. The van der Waals surface area contributed by atoms with E-state index in [4.69, 9.17) is 19.8 Å². The molecule has 1 aromatic heterocycles. The van der Waals surface area contributed by atoms with Gasteiger partial charge in [-0.2, -0.15) is 0 Å². The van der Waals surface area contributed by atoms with Crippen LogP contribution >= 0.6 is 0 Å². The number of aromatic nitrogens is 1. The summed E-state index contributed by atoms with van der Waals surface area (Å²) in [5.41, 5.74) is 5.19. The SMILES string of the molecule is CN1CCC(C(=O)O)CC1[C@H]1CC[C@@]2(C)C(=CC[C@@H]3[C@@H]2CC[C@]2(C)C(c4cccnc4)=CC[C@@H]32)C1.O=C(O)C(=O)O. The molecule has 0 amide bonds. The van der Waals surface area contributed by atoms with Crippen molar-refractivity contribution in [2.45, 2.75) is 77.7 Å². The second-order valence-corrected chi connectivity index (χ2v) is 13.5. The number of nitrogens with zero attached hydrogens (tertiary/aromatic N) is 2. The van der Waals surface area contributed by atoms with Gasteiger partial charge in [0.15, 0.2) is 0 Å². The average molecular weight is 565 g/mol. The van der Waals surface area contributed by atoms with E-state index in [1.807, 2.05) is 6.20 Å². The van der Waals surface area contributed by atoms with Gasteiger partial charge in [-0.15, -0.1) is 0 Å². The molecule has 1 aromatic rings. The van der Waals surface area contributed by atoms with E-state index in [9.17, 15) is 9.90 Å². The van der Waals surface area contributed by atoms with Crippen molar-refractivity contribution in [3.63, 3.8) is 0 Å². The zero-order valence-electron chi connectivity index (χ0n) is 24.5. The van der Waals surface area contributed by atoms with Crippen LogP contribution < -0.4 is 0 Å². The van der Waals surface area contributed by atoms with Crippen molar-refractivity contribution >= 4 is 23.5 Å². The molecule has 2 unspecified atom stereocenters. The number of hydrogen-bond acceptors (Lipinski definition) is 5. The summed E-state index contributed by atoms with van der Waals surface area (Å²) in [4.78, 5) is 36.8. The summed E-state index contributed by atoms with van der Waals surface area (Å²) < 4.78 is 0. The normalized spacial score (nSPS) is 38.1. The Morgan fingerprint density at radius 3 is 2.34 bits per heavy atom. The zero-order chi connectivity index (χ0) is 29.5. The Hall–Kier alpha value is -3.00. The molecule has 8 nitrogen and oxygen atoms in total. The van der Waals surface area contributed by atoms with Crippen molar-refractivity contribution in [1.82, 2.24) is 9.88 Å². The van der Waals surface area contributed by atoms with Crippen LogP contribution in [0.15, 0.2) is 42.3 Å². The number of allylic oxidation sites excluding steroid dienone is 4. The number of rotatable bonds is 3. The van der Waals surface area contributed by atoms with Gasteiger partial charge in [0, 0.05) is 18.4 Å². The lowest BCUT2D eigenvalue weighted by Gasteiger charge is -2.58. The van der Waals surface area contributed by atoms with E-state index in [1.165, 1.54) is 50.5 Å². The van der Waals surface area contributed by atoms with Crippen molar-refractivity contribution < 1.29 is 29.7 Å². The molecule has 1 saturated heterocycles. The fraction of sp³-hybridized carbons (Fsp3) is 0.636. The summed E-state index contributed by atoms with van der Waals surface area (Å²) in [5.74, 6) is -1.48. The van der Waals surface area contributed by atoms with Gasteiger partial charge in [0.1, 0.15) is 0 Å². The van der Waals surface area contributed by atoms with Crippen LogP contribution in [0.3, 0.4) is 0 Å². The Bertz CT molecular complexity index is 1230. The highest BCUT2D eigenvalue weighted by molar-refractivity contribution is 6.27. The summed E-state index contributed by atoms with van der Waals surface area (Å²) in [6.45, 7) is 6.05. The van der Waals surface area contributed by atoms with Gasteiger partial charge in [0.05, 0.1) is 5.92 Å². The fourth-order valence-corrected chi connectivity index (χ4v) is 9.45. The Morgan fingerprint density at radius 2 is 1.68 bits per heavy atom. The van der Waals surface area contributed by atoms with Gasteiger partial charge in [-0.25, -0.2) is 9.59 Å². The maximum absolute atomic E-state index is 11.7. The Balaban J connectivity index is 0.000000511.